The van der Waals surface area contributed by atoms with Gasteiger partial charge in [-0.25, -0.2) is 4.98 Å². The van der Waals surface area contributed by atoms with E-state index in [1.54, 1.807) is 0 Å². The van der Waals surface area contributed by atoms with E-state index in [1.165, 1.54) is 23.1 Å². The Bertz CT molecular complexity index is 759. The molecule has 3 unspecified atom stereocenters. The fraction of sp³-hybridized carbons (Fsp3) is 0.474. The van der Waals surface area contributed by atoms with Crippen molar-refractivity contribution in [2.24, 2.45) is 0 Å². The summed E-state index contributed by atoms with van der Waals surface area (Å²) in [7, 11) is 0. The molecule has 5 nitrogen and oxygen atoms in total. The molecule has 1 fully saturated rings. The lowest BCUT2D eigenvalue weighted by Crippen LogP contribution is -2.44. The van der Waals surface area contributed by atoms with Crippen LogP contribution in [0.3, 0.4) is 0 Å². The first kappa shape index (κ1) is 20.6. The maximum Gasteiger partial charge on any atom is 0.239 e. The SMILES string of the molecule is CC1CN(Cc2csc(NC(=O)C(C)Sc3ccc(Cl)cc3)n2)CC(C)O1. The summed E-state index contributed by atoms with van der Waals surface area (Å²) in [6.45, 7) is 8.65. The molecule has 8 heteroatoms. The topological polar surface area (TPSA) is 54.5 Å². The maximum absolute atomic E-state index is 12.5. The number of rotatable bonds is 6. The Balaban J connectivity index is 1.52. The van der Waals surface area contributed by atoms with Gasteiger partial charge >= 0.3 is 0 Å². The molecular weight excluding hydrogens is 402 g/mol. The summed E-state index contributed by atoms with van der Waals surface area (Å²) >= 11 is 8.87. The summed E-state index contributed by atoms with van der Waals surface area (Å²) in [5.74, 6) is -0.0514. The van der Waals surface area contributed by atoms with E-state index in [4.69, 9.17) is 16.3 Å². The van der Waals surface area contributed by atoms with Crippen LogP contribution in [0.4, 0.5) is 5.13 Å². The molecule has 27 heavy (non-hydrogen) atoms. The van der Waals surface area contributed by atoms with Crippen LogP contribution < -0.4 is 5.32 Å². The van der Waals surface area contributed by atoms with Gasteiger partial charge in [-0.15, -0.1) is 23.1 Å². The molecule has 3 atom stereocenters. The number of thioether (sulfide) groups is 1. The minimum atomic E-state index is -0.223. The molecule has 1 aromatic heterocycles. The molecule has 1 aromatic carbocycles. The van der Waals surface area contributed by atoms with Crippen molar-refractivity contribution >= 4 is 45.7 Å². The van der Waals surface area contributed by atoms with Gasteiger partial charge in [-0.2, -0.15) is 0 Å². The summed E-state index contributed by atoms with van der Waals surface area (Å²) in [5, 5.41) is 6.05. The predicted octanol–water partition coefficient (Wildman–Crippen LogP) is 4.53. The third-order valence-corrected chi connectivity index (χ3v) is 6.33. The number of thiazole rings is 1. The van der Waals surface area contributed by atoms with Crippen LogP contribution in [0.1, 0.15) is 26.5 Å². The molecule has 1 aliphatic rings. The van der Waals surface area contributed by atoms with Crippen LogP contribution in [0.25, 0.3) is 0 Å². The van der Waals surface area contributed by atoms with Gasteiger partial charge in [-0.3, -0.25) is 9.69 Å². The van der Waals surface area contributed by atoms with E-state index in [0.29, 0.717) is 10.2 Å². The average Bonchev–Trinajstić information content (AvgIpc) is 3.02. The van der Waals surface area contributed by atoms with Crippen LogP contribution >= 0.6 is 34.7 Å². The standard InChI is InChI=1S/C19H24ClN3O2S2/c1-12-8-23(9-13(2)25-12)10-16-11-26-19(21-16)22-18(24)14(3)27-17-6-4-15(20)5-7-17/h4-7,11-14H,8-10H2,1-3H3,(H,21,22,24). The van der Waals surface area contributed by atoms with Crippen LogP contribution in [-0.2, 0) is 16.1 Å². The Labute approximate surface area is 173 Å². The largest absolute Gasteiger partial charge is 0.373 e. The van der Waals surface area contributed by atoms with Gasteiger partial charge in [0.1, 0.15) is 0 Å². The first-order valence-corrected chi connectivity index (χ1v) is 11.1. The van der Waals surface area contributed by atoms with Gasteiger partial charge in [0.15, 0.2) is 5.13 Å². The third-order valence-electron chi connectivity index (χ3n) is 4.16. The van der Waals surface area contributed by atoms with Crippen molar-refractivity contribution in [2.75, 3.05) is 18.4 Å². The molecule has 1 amide bonds. The fourth-order valence-corrected chi connectivity index (χ4v) is 4.76. The number of benzene rings is 1. The lowest BCUT2D eigenvalue weighted by Gasteiger charge is -2.34. The van der Waals surface area contributed by atoms with Gasteiger partial charge in [0.25, 0.3) is 0 Å². The van der Waals surface area contributed by atoms with Gasteiger partial charge in [-0.1, -0.05) is 11.6 Å². The lowest BCUT2D eigenvalue weighted by atomic mass is 10.2. The zero-order valence-corrected chi connectivity index (χ0v) is 18.0. The van der Waals surface area contributed by atoms with Crippen LogP contribution in [-0.4, -0.2) is 46.3 Å². The van der Waals surface area contributed by atoms with Gasteiger partial charge in [0.05, 0.1) is 23.2 Å². The monoisotopic (exact) mass is 425 g/mol. The summed E-state index contributed by atoms with van der Waals surface area (Å²) in [5.41, 5.74) is 0.981. The van der Waals surface area contributed by atoms with Crippen LogP contribution in [0.2, 0.25) is 5.02 Å². The highest BCUT2D eigenvalue weighted by atomic mass is 35.5. The molecule has 1 saturated heterocycles. The van der Waals surface area contributed by atoms with Crippen molar-refractivity contribution in [3.63, 3.8) is 0 Å². The van der Waals surface area contributed by atoms with E-state index in [9.17, 15) is 4.79 Å². The number of ether oxygens (including phenoxy) is 1. The Morgan fingerprint density at radius 1 is 1.37 bits per heavy atom. The molecule has 0 spiro atoms. The van der Waals surface area contributed by atoms with Crippen molar-refractivity contribution < 1.29 is 9.53 Å². The smallest absolute Gasteiger partial charge is 0.239 e. The van der Waals surface area contributed by atoms with Crippen LogP contribution in [0.5, 0.6) is 0 Å². The number of anilines is 1. The Morgan fingerprint density at radius 2 is 2.04 bits per heavy atom. The quantitative estimate of drug-likeness (QED) is 0.689. The number of hydrogen-bond donors (Lipinski definition) is 1. The Morgan fingerprint density at radius 3 is 2.70 bits per heavy atom. The maximum atomic E-state index is 12.5. The van der Waals surface area contributed by atoms with Gasteiger partial charge in [0, 0.05) is 34.9 Å². The summed E-state index contributed by atoms with van der Waals surface area (Å²) in [6.07, 6.45) is 0.467. The number of morpholine rings is 1. The number of hydrogen-bond acceptors (Lipinski definition) is 6. The van der Waals surface area contributed by atoms with Crippen molar-refractivity contribution in [1.82, 2.24) is 9.88 Å². The zero-order valence-electron chi connectivity index (χ0n) is 15.6. The molecular formula is C19H24ClN3O2S2. The number of amides is 1. The minimum Gasteiger partial charge on any atom is -0.373 e. The second-order valence-corrected chi connectivity index (χ2v) is 9.51. The number of halogens is 1. The van der Waals surface area contributed by atoms with Gasteiger partial charge in [0.2, 0.25) is 5.91 Å². The molecule has 0 bridgehead atoms. The molecule has 3 rings (SSSR count). The van der Waals surface area contributed by atoms with Crippen LogP contribution in [0.15, 0.2) is 34.5 Å². The summed E-state index contributed by atoms with van der Waals surface area (Å²) < 4.78 is 5.77. The highest BCUT2D eigenvalue weighted by Crippen LogP contribution is 2.26. The van der Waals surface area contributed by atoms with E-state index in [1.807, 2.05) is 36.6 Å². The number of nitrogens with one attached hydrogen (secondary N) is 1. The highest BCUT2D eigenvalue weighted by Gasteiger charge is 2.23. The number of carbonyl (C=O) groups excluding carboxylic acids is 1. The Hall–Kier alpha value is -1.12. The molecule has 0 radical (unpaired) electrons. The molecule has 1 N–H and O–H groups in total. The van der Waals surface area contributed by atoms with Crippen molar-refractivity contribution in [1.29, 1.82) is 0 Å². The van der Waals surface area contributed by atoms with Crippen molar-refractivity contribution in [3.8, 4) is 0 Å². The first-order chi connectivity index (χ1) is 12.9. The van der Waals surface area contributed by atoms with Gasteiger partial charge < -0.3 is 10.1 Å². The number of carbonyl (C=O) groups is 1. The summed E-state index contributed by atoms with van der Waals surface area (Å²) in [4.78, 5) is 20.4. The third kappa shape index (κ3) is 6.19. The summed E-state index contributed by atoms with van der Waals surface area (Å²) in [6, 6.07) is 7.50. The molecule has 1 aliphatic heterocycles. The van der Waals surface area contributed by atoms with E-state index in [0.717, 1.165) is 30.2 Å². The first-order valence-electron chi connectivity index (χ1n) is 8.94. The van der Waals surface area contributed by atoms with E-state index >= 15 is 0 Å². The van der Waals surface area contributed by atoms with E-state index in [-0.39, 0.29) is 23.4 Å². The fourth-order valence-electron chi connectivity index (χ4n) is 3.06. The highest BCUT2D eigenvalue weighted by molar-refractivity contribution is 8.00. The number of nitrogens with zero attached hydrogens (tertiary/aromatic N) is 2. The van der Waals surface area contributed by atoms with Crippen molar-refractivity contribution in [3.05, 3.63) is 40.4 Å². The normalized spacial score (nSPS) is 21.8. The molecule has 2 heterocycles. The molecule has 0 aliphatic carbocycles. The molecule has 2 aromatic rings. The molecule has 146 valence electrons. The van der Waals surface area contributed by atoms with Crippen molar-refractivity contribution in [2.45, 2.75) is 49.7 Å². The second-order valence-electron chi connectivity index (χ2n) is 6.80. The molecule has 0 saturated carbocycles. The van der Waals surface area contributed by atoms with E-state index < -0.39 is 0 Å². The zero-order chi connectivity index (χ0) is 19.4. The second kappa shape index (κ2) is 9.39. The minimum absolute atomic E-state index is 0.0514. The van der Waals surface area contributed by atoms with Crippen LogP contribution in [0, 0.1) is 0 Å². The lowest BCUT2D eigenvalue weighted by molar-refractivity contribution is -0.115. The van der Waals surface area contributed by atoms with Gasteiger partial charge in [-0.05, 0) is 45.0 Å². The number of aromatic nitrogens is 1. The Kier molecular flexibility index (Phi) is 7.16. The average molecular weight is 426 g/mol. The van der Waals surface area contributed by atoms with E-state index in [2.05, 4.69) is 29.0 Å². The predicted molar refractivity (Wildman–Crippen MR) is 113 cm³/mol.